The zero-order chi connectivity index (χ0) is 9.78. The zero-order valence-corrected chi connectivity index (χ0v) is 7.89. The molecule has 0 aliphatic rings. The number of rotatable bonds is 4. The van der Waals surface area contributed by atoms with Gasteiger partial charge in [0.15, 0.2) is 0 Å². The highest BCUT2D eigenvalue weighted by Gasteiger charge is 2.03. The maximum atomic E-state index is 10.6. The number of primary sulfonamides is 1. The lowest BCUT2D eigenvalue weighted by atomic mass is 10.2. The molecule has 0 aromatic rings. The number of nitrogens with two attached hydrogens (primary N) is 1. The van der Waals surface area contributed by atoms with Crippen LogP contribution >= 0.6 is 0 Å². The van der Waals surface area contributed by atoms with Crippen molar-refractivity contribution >= 4 is 10.0 Å². The van der Waals surface area contributed by atoms with Crippen LogP contribution in [0, 0.1) is 0 Å². The van der Waals surface area contributed by atoms with Crippen LogP contribution in [0.3, 0.4) is 0 Å². The fraction of sp³-hybridized carbons (Fsp3) is 0.250. The van der Waals surface area contributed by atoms with Crippen molar-refractivity contribution < 1.29 is 8.42 Å². The summed E-state index contributed by atoms with van der Waals surface area (Å²) in [6, 6.07) is 0. The van der Waals surface area contributed by atoms with Gasteiger partial charge in [0.25, 0.3) is 0 Å². The van der Waals surface area contributed by atoms with Crippen LogP contribution in [0.15, 0.2) is 35.8 Å². The van der Waals surface area contributed by atoms with E-state index in [0.29, 0.717) is 0 Å². The van der Waals surface area contributed by atoms with E-state index >= 15 is 0 Å². The van der Waals surface area contributed by atoms with E-state index in [1.54, 1.807) is 6.08 Å². The average Bonchev–Trinajstić information content (AvgIpc) is 1.97. The van der Waals surface area contributed by atoms with Crippen LogP contribution < -0.4 is 5.14 Å². The molecule has 0 saturated carbocycles. The number of allylic oxidation sites excluding steroid dienone is 3. The van der Waals surface area contributed by atoms with Crippen molar-refractivity contribution in [2.45, 2.75) is 13.3 Å². The third kappa shape index (κ3) is 4.10. The summed E-state index contributed by atoms with van der Waals surface area (Å²) in [6.45, 7) is 8.88. The predicted molar refractivity (Wildman–Crippen MR) is 50.8 cm³/mol. The minimum atomic E-state index is -3.63. The summed E-state index contributed by atoms with van der Waals surface area (Å²) in [6.07, 6.45) is 3.71. The van der Waals surface area contributed by atoms with Crippen LogP contribution in [0.4, 0.5) is 0 Å². The number of sulfonamides is 1. The van der Waals surface area contributed by atoms with Gasteiger partial charge in [-0.25, -0.2) is 13.6 Å². The second-order valence-electron chi connectivity index (χ2n) is 2.36. The van der Waals surface area contributed by atoms with Gasteiger partial charge in [0.2, 0.25) is 10.0 Å². The molecule has 0 heterocycles. The molecule has 0 saturated heterocycles. The van der Waals surface area contributed by atoms with Crippen LogP contribution in [0.25, 0.3) is 0 Å². The highest BCUT2D eigenvalue weighted by Crippen LogP contribution is 2.04. The van der Waals surface area contributed by atoms with Crippen LogP contribution in [-0.2, 0) is 10.0 Å². The van der Waals surface area contributed by atoms with Gasteiger partial charge < -0.3 is 0 Å². The first-order valence-electron chi connectivity index (χ1n) is 3.45. The molecule has 0 bridgehead atoms. The highest BCUT2D eigenvalue weighted by atomic mass is 32.2. The topological polar surface area (TPSA) is 60.2 Å². The van der Waals surface area contributed by atoms with Crippen molar-refractivity contribution in [2.24, 2.45) is 5.14 Å². The Balaban J connectivity index is 4.40. The van der Waals surface area contributed by atoms with E-state index in [-0.39, 0.29) is 4.91 Å². The molecule has 0 aliphatic heterocycles. The second kappa shape index (κ2) is 4.23. The van der Waals surface area contributed by atoms with Crippen LogP contribution in [0.5, 0.6) is 0 Å². The van der Waals surface area contributed by atoms with Crippen molar-refractivity contribution in [1.29, 1.82) is 0 Å². The maximum absolute atomic E-state index is 10.6. The summed E-state index contributed by atoms with van der Waals surface area (Å²) in [4.78, 5) is -0.0999. The Morgan fingerprint density at radius 3 is 2.25 bits per heavy atom. The van der Waals surface area contributed by atoms with Gasteiger partial charge in [0.1, 0.15) is 0 Å². The molecular weight excluding hydrogens is 174 g/mol. The summed E-state index contributed by atoms with van der Waals surface area (Å²) >= 11 is 0. The van der Waals surface area contributed by atoms with Crippen LogP contribution in [0.1, 0.15) is 13.3 Å². The summed E-state index contributed by atoms with van der Waals surface area (Å²) < 4.78 is 21.3. The van der Waals surface area contributed by atoms with Crippen molar-refractivity contribution in [3.8, 4) is 0 Å². The fourth-order valence-electron chi connectivity index (χ4n) is 0.423. The van der Waals surface area contributed by atoms with Gasteiger partial charge in [0.05, 0.1) is 4.91 Å². The van der Waals surface area contributed by atoms with Gasteiger partial charge in [-0.15, -0.1) is 0 Å². The lowest BCUT2D eigenvalue weighted by molar-refractivity contribution is 0.604. The third-order valence-corrected chi connectivity index (χ3v) is 2.19. The van der Waals surface area contributed by atoms with Gasteiger partial charge in [-0.3, -0.25) is 0 Å². The first-order valence-corrected chi connectivity index (χ1v) is 5.00. The molecule has 0 aromatic carbocycles. The Hall–Kier alpha value is -0.870. The molecule has 0 radical (unpaired) electrons. The average molecular weight is 187 g/mol. The second-order valence-corrected chi connectivity index (χ2v) is 3.97. The van der Waals surface area contributed by atoms with Crippen LogP contribution in [0.2, 0.25) is 0 Å². The summed E-state index contributed by atoms with van der Waals surface area (Å²) in [5.41, 5.74) is 0.833. The molecule has 0 rings (SSSR count). The van der Waals surface area contributed by atoms with Gasteiger partial charge in [-0.05, 0) is 12.5 Å². The van der Waals surface area contributed by atoms with E-state index in [2.05, 4.69) is 13.2 Å². The number of hydrogen-bond donors (Lipinski definition) is 1. The molecule has 0 unspecified atom stereocenters. The SMILES string of the molecule is C=C(/C=C\C(=C)S(N)(=O)=O)CC. The lowest BCUT2D eigenvalue weighted by Gasteiger charge is -1.95. The van der Waals surface area contributed by atoms with E-state index in [0.717, 1.165) is 12.0 Å². The van der Waals surface area contributed by atoms with Crippen LogP contribution in [-0.4, -0.2) is 8.42 Å². The minimum Gasteiger partial charge on any atom is -0.225 e. The molecular formula is C8H13NO2S. The van der Waals surface area contributed by atoms with E-state index < -0.39 is 10.0 Å². The molecule has 0 amide bonds. The Labute approximate surface area is 73.3 Å². The quantitative estimate of drug-likeness (QED) is 0.674. The molecule has 0 fully saturated rings. The Morgan fingerprint density at radius 2 is 1.92 bits per heavy atom. The van der Waals surface area contributed by atoms with Crippen molar-refractivity contribution in [3.63, 3.8) is 0 Å². The molecule has 0 aromatic heterocycles. The maximum Gasteiger partial charge on any atom is 0.237 e. The monoisotopic (exact) mass is 187 g/mol. The zero-order valence-electron chi connectivity index (χ0n) is 7.08. The summed E-state index contributed by atoms with van der Waals surface area (Å²) in [5.74, 6) is 0. The van der Waals surface area contributed by atoms with Gasteiger partial charge in [-0.1, -0.05) is 31.7 Å². The van der Waals surface area contributed by atoms with Crippen molar-refractivity contribution in [3.05, 3.63) is 35.8 Å². The standard InChI is InChI=1S/C8H13NO2S/c1-4-7(2)5-6-8(3)12(9,10)11/h5-6H,2-4H2,1H3,(H2,9,10,11)/b6-5-. The molecule has 0 atom stereocenters. The normalized spacial score (nSPS) is 11.8. The van der Waals surface area contributed by atoms with Gasteiger partial charge >= 0.3 is 0 Å². The third-order valence-electron chi connectivity index (χ3n) is 1.32. The molecule has 68 valence electrons. The lowest BCUT2D eigenvalue weighted by Crippen LogP contribution is -2.12. The summed E-state index contributed by atoms with van der Waals surface area (Å²) in [5, 5.41) is 4.80. The largest absolute Gasteiger partial charge is 0.237 e. The van der Waals surface area contributed by atoms with E-state index in [1.165, 1.54) is 6.08 Å². The van der Waals surface area contributed by atoms with E-state index in [1.807, 2.05) is 6.92 Å². The minimum absolute atomic E-state index is 0.0999. The van der Waals surface area contributed by atoms with Crippen molar-refractivity contribution in [1.82, 2.24) is 0 Å². The Morgan fingerprint density at radius 1 is 1.42 bits per heavy atom. The molecule has 0 spiro atoms. The fourth-order valence-corrected chi connectivity index (χ4v) is 0.681. The number of hydrogen-bond acceptors (Lipinski definition) is 2. The molecule has 3 nitrogen and oxygen atoms in total. The van der Waals surface area contributed by atoms with Gasteiger partial charge in [-0.2, -0.15) is 0 Å². The first kappa shape index (κ1) is 11.1. The Bertz CT molecular complexity index is 312. The first-order chi connectivity index (χ1) is 5.38. The summed E-state index contributed by atoms with van der Waals surface area (Å²) in [7, 11) is -3.63. The molecule has 0 aliphatic carbocycles. The smallest absolute Gasteiger partial charge is 0.225 e. The van der Waals surface area contributed by atoms with Gasteiger partial charge in [0, 0.05) is 0 Å². The van der Waals surface area contributed by atoms with Crippen molar-refractivity contribution in [2.75, 3.05) is 0 Å². The molecule has 4 heteroatoms. The highest BCUT2D eigenvalue weighted by molar-refractivity contribution is 7.93. The molecule has 2 N–H and O–H groups in total. The predicted octanol–water partition coefficient (Wildman–Crippen LogP) is 1.31. The van der Waals surface area contributed by atoms with E-state index in [4.69, 9.17) is 5.14 Å². The van der Waals surface area contributed by atoms with E-state index in [9.17, 15) is 8.42 Å². The Kier molecular flexibility index (Phi) is 3.92. The molecule has 12 heavy (non-hydrogen) atoms.